The molecule has 0 saturated carbocycles. The molecular weight excluding hydrogens is 274 g/mol. The van der Waals surface area contributed by atoms with Crippen LogP contribution in [-0.4, -0.2) is 21.6 Å². The molecule has 0 radical (unpaired) electrons. The molecule has 0 bridgehead atoms. The number of nitrogen functional groups attached to an aromatic ring is 1. The third-order valence-electron chi connectivity index (χ3n) is 2.35. The zero-order valence-corrected chi connectivity index (χ0v) is 11.2. The highest BCUT2D eigenvalue weighted by Gasteiger charge is 2.09. The van der Waals surface area contributed by atoms with Gasteiger partial charge in [0.1, 0.15) is 11.1 Å². The third-order valence-corrected chi connectivity index (χ3v) is 3.35. The first-order valence-electron chi connectivity index (χ1n) is 5.69. The average molecular weight is 285 g/mol. The smallest absolute Gasteiger partial charge is 0.234 e. The Bertz CT molecular complexity index is 668. The number of anilines is 2. The van der Waals surface area contributed by atoms with Crippen molar-refractivity contribution in [1.82, 2.24) is 9.97 Å². The molecule has 0 aliphatic carbocycles. The molecule has 100 valence electrons. The first kappa shape index (κ1) is 13.8. The number of thioether (sulfide) groups is 1. The Labute approximate surface area is 120 Å². The van der Waals surface area contributed by atoms with Crippen LogP contribution in [0.4, 0.5) is 11.5 Å². The van der Waals surface area contributed by atoms with Crippen LogP contribution in [-0.2, 0) is 4.79 Å². The van der Waals surface area contributed by atoms with Gasteiger partial charge in [-0.3, -0.25) is 4.79 Å². The van der Waals surface area contributed by atoms with Gasteiger partial charge >= 0.3 is 0 Å². The molecule has 0 fully saturated rings. The molecule has 7 heteroatoms. The van der Waals surface area contributed by atoms with E-state index in [1.165, 1.54) is 24.2 Å². The lowest BCUT2D eigenvalue weighted by molar-refractivity contribution is -0.113. The Balaban J connectivity index is 1.97. The van der Waals surface area contributed by atoms with Crippen molar-refractivity contribution in [3.05, 3.63) is 42.2 Å². The summed E-state index contributed by atoms with van der Waals surface area (Å²) in [4.78, 5) is 19.8. The van der Waals surface area contributed by atoms with Gasteiger partial charge in [-0.25, -0.2) is 9.97 Å². The number of nitriles is 1. The fraction of sp³-hybridized carbons (Fsp3) is 0.0769. The summed E-state index contributed by atoms with van der Waals surface area (Å²) in [6.45, 7) is 0. The first-order valence-corrected chi connectivity index (χ1v) is 6.67. The topological polar surface area (TPSA) is 105 Å². The molecule has 0 atom stereocenters. The molecule has 0 aliphatic rings. The Morgan fingerprint density at radius 2 is 2.10 bits per heavy atom. The standard InChI is InChI=1S/C13H11N5OS/c14-7-9-3-1-2-4-10(9)18-11(19)8-20-13-12(15)16-5-6-17-13/h1-6H,8H2,(H2,15,16)(H,18,19). The number of hydrogen-bond donors (Lipinski definition) is 2. The Hall–Kier alpha value is -2.59. The summed E-state index contributed by atoms with van der Waals surface area (Å²) in [5.74, 6) is 0.202. The average Bonchev–Trinajstić information content (AvgIpc) is 2.47. The van der Waals surface area contributed by atoms with Gasteiger partial charge in [-0.1, -0.05) is 23.9 Å². The molecule has 1 heterocycles. The molecule has 1 amide bonds. The first-order chi connectivity index (χ1) is 9.70. The van der Waals surface area contributed by atoms with Crippen molar-refractivity contribution in [2.75, 3.05) is 16.8 Å². The zero-order valence-electron chi connectivity index (χ0n) is 10.4. The molecule has 2 rings (SSSR count). The molecule has 0 spiro atoms. The van der Waals surface area contributed by atoms with Crippen LogP contribution in [0.25, 0.3) is 0 Å². The molecule has 1 aromatic heterocycles. The number of carbonyl (C=O) groups is 1. The number of benzene rings is 1. The lowest BCUT2D eigenvalue weighted by Gasteiger charge is -2.06. The molecule has 0 saturated heterocycles. The highest BCUT2D eigenvalue weighted by molar-refractivity contribution is 8.00. The van der Waals surface area contributed by atoms with Crippen molar-refractivity contribution >= 4 is 29.2 Å². The monoisotopic (exact) mass is 285 g/mol. The van der Waals surface area contributed by atoms with E-state index >= 15 is 0 Å². The quantitative estimate of drug-likeness (QED) is 0.828. The number of aromatic nitrogens is 2. The van der Waals surface area contributed by atoms with E-state index in [2.05, 4.69) is 15.3 Å². The molecule has 3 N–H and O–H groups in total. The summed E-state index contributed by atoms with van der Waals surface area (Å²) in [5, 5.41) is 12.1. The van der Waals surface area contributed by atoms with Crippen LogP contribution in [0.1, 0.15) is 5.56 Å². The summed E-state index contributed by atoms with van der Waals surface area (Å²) in [6.07, 6.45) is 3.00. The Morgan fingerprint density at radius 1 is 1.35 bits per heavy atom. The minimum absolute atomic E-state index is 0.142. The largest absolute Gasteiger partial charge is 0.381 e. The van der Waals surface area contributed by atoms with E-state index in [4.69, 9.17) is 11.0 Å². The summed E-state index contributed by atoms with van der Waals surface area (Å²) in [5.41, 5.74) is 6.55. The molecular formula is C13H11N5OS. The van der Waals surface area contributed by atoms with Crippen molar-refractivity contribution in [2.24, 2.45) is 0 Å². The Kier molecular flexibility index (Phi) is 4.52. The fourth-order valence-corrected chi connectivity index (χ4v) is 2.13. The maximum atomic E-state index is 11.8. The van der Waals surface area contributed by atoms with Crippen LogP contribution >= 0.6 is 11.8 Å². The van der Waals surface area contributed by atoms with Crippen LogP contribution < -0.4 is 11.1 Å². The van der Waals surface area contributed by atoms with E-state index in [1.807, 2.05) is 6.07 Å². The highest BCUT2D eigenvalue weighted by Crippen LogP contribution is 2.20. The van der Waals surface area contributed by atoms with E-state index < -0.39 is 0 Å². The zero-order chi connectivity index (χ0) is 14.4. The normalized spacial score (nSPS) is 9.75. The van der Waals surface area contributed by atoms with Gasteiger partial charge in [0.2, 0.25) is 5.91 Å². The number of nitrogens with two attached hydrogens (primary N) is 1. The van der Waals surface area contributed by atoms with Crippen LogP contribution in [0.3, 0.4) is 0 Å². The third kappa shape index (κ3) is 3.46. The van der Waals surface area contributed by atoms with Gasteiger partial charge in [0, 0.05) is 12.4 Å². The number of nitrogens with zero attached hydrogens (tertiary/aromatic N) is 3. The van der Waals surface area contributed by atoms with Crippen molar-refractivity contribution in [1.29, 1.82) is 5.26 Å². The number of hydrogen-bond acceptors (Lipinski definition) is 6. The van der Waals surface area contributed by atoms with Crippen molar-refractivity contribution < 1.29 is 4.79 Å². The summed E-state index contributed by atoms with van der Waals surface area (Å²) in [7, 11) is 0. The molecule has 20 heavy (non-hydrogen) atoms. The van der Waals surface area contributed by atoms with Gasteiger partial charge in [-0.15, -0.1) is 0 Å². The maximum absolute atomic E-state index is 11.8. The number of nitrogens with one attached hydrogen (secondary N) is 1. The lowest BCUT2D eigenvalue weighted by atomic mass is 10.2. The maximum Gasteiger partial charge on any atom is 0.234 e. The second kappa shape index (κ2) is 6.54. The molecule has 2 aromatic rings. The van der Waals surface area contributed by atoms with Crippen molar-refractivity contribution in [3.8, 4) is 6.07 Å². The van der Waals surface area contributed by atoms with Gasteiger partial charge in [-0.2, -0.15) is 5.26 Å². The minimum atomic E-state index is -0.234. The van der Waals surface area contributed by atoms with Gasteiger partial charge in [0.15, 0.2) is 5.82 Å². The second-order valence-electron chi connectivity index (χ2n) is 3.74. The molecule has 6 nitrogen and oxygen atoms in total. The van der Waals surface area contributed by atoms with Crippen LogP contribution in [0.5, 0.6) is 0 Å². The second-order valence-corrected chi connectivity index (χ2v) is 4.71. The summed E-state index contributed by atoms with van der Waals surface area (Å²) in [6, 6.07) is 8.83. The summed E-state index contributed by atoms with van der Waals surface area (Å²) >= 11 is 1.19. The van der Waals surface area contributed by atoms with Gasteiger partial charge in [0.25, 0.3) is 0 Å². The van der Waals surface area contributed by atoms with Crippen LogP contribution in [0.2, 0.25) is 0 Å². The van der Waals surface area contributed by atoms with E-state index in [9.17, 15) is 4.79 Å². The van der Waals surface area contributed by atoms with Gasteiger partial charge in [-0.05, 0) is 12.1 Å². The molecule has 0 unspecified atom stereocenters. The minimum Gasteiger partial charge on any atom is -0.381 e. The van der Waals surface area contributed by atoms with Crippen molar-refractivity contribution in [3.63, 3.8) is 0 Å². The number of amides is 1. The van der Waals surface area contributed by atoms with E-state index in [0.29, 0.717) is 22.1 Å². The van der Waals surface area contributed by atoms with Crippen molar-refractivity contribution in [2.45, 2.75) is 5.03 Å². The van der Waals surface area contributed by atoms with E-state index in [-0.39, 0.29) is 11.7 Å². The van der Waals surface area contributed by atoms with Gasteiger partial charge in [0.05, 0.1) is 17.0 Å². The SMILES string of the molecule is N#Cc1ccccc1NC(=O)CSc1nccnc1N. The Morgan fingerprint density at radius 3 is 2.85 bits per heavy atom. The number of rotatable bonds is 4. The predicted octanol–water partition coefficient (Wildman–Crippen LogP) is 1.66. The van der Waals surface area contributed by atoms with E-state index in [1.54, 1.807) is 24.3 Å². The van der Waals surface area contributed by atoms with Crippen LogP contribution in [0.15, 0.2) is 41.7 Å². The highest BCUT2D eigenvalue weighted by atomic mass is 32.2. The summed E-state index contributed by atoms with van der Waals surface area (Å²) < 4.78 is 0. The molecule has 1 aromatic carbocycles. The van der Waals surface area contributed by atoms with Gasteiger partial charge < -0.3 is 11.1 Å². The molecule has 0 aliphatic heterocycles. The van der Waals surface area contributed by atoms with Crippen LogP contribution in [0, 0.1) is 11.3 Å². The number of carbonyl (C=O) groups excluding carboxylic acids is 1. The lowest BCUT2D eigenvalue weighted by Crippen LogP contribution is -2.15. The number of para-hydroxylation sites is 1. The predicted molar refractivity (Wildman–Crippen MR) is 77.0 cm³/mol. The van der Waals surface area contributed by atoms with E-state index in [0.717, 1.165) is 0 Å². The fourth-order valence-electron chi connectivity index (χ4n) is 1.46.